The van der Waals surface area contributed by atoms with Crippen LogP contribution in [-0.4, -0.2) is 49.4 Å². The number of hydrogen-bond donors (Lipinski definition) is 0. The maximum Gasteiger partial charge on any atom is 0.224 e. The highest BCUT2D eigenvalue weighted by atomic mass is 16.2. The molecule has 2 aromatic carbocycles. The fourth-order valence-corrected chi connectivity index (χ4v) is 4.06. The van der Waals surface area contributed by atoms with Gasteiger partial charge in [0.15, 0.2) is 0 Å². The van der Waals surface area contributed by atoms with E-state index in [4.69, 9.17) is 0 Å². The predicted molar refractivity (Wildman–Crippen MR) is 119 cm³/mol. The summed E-state index contributed by atoms with van der Waals surface area (Å²) < 4.78 is 0. The van der Waals surface area contributed by atoms with Gasteiger partial charge >= 0.3 is 0 Å². The molecule has 5 nitrogen and oxygen atoms in total. The number of anilines is 2. The molecule has 29 heavy (non-hydrogen) atoms. The Morgan fingerprint density at radius 3 is 2.14 bits per heavy atom. The number of para-hydroxylation sites is 1. The molecule has 0 aromatic heterocycles. The second-order valence-electron chi connectivity index (χ2n) is 7.87. The maximum absolute atomic E-state index is 12.8. The lowest BCUT2D eigenvalue weighted by Gasteiger charge is -2.36. The van der Waals surface area contributed by atoms with E-state index in [2.05, 4.69) is 36.1 Å². The van der Waals surface area contributed by atoms with Crippen LogP contribution in [0.3, 0.4) is 0 Å². The maximum atomic E-state index is 12.8. The van der Waals surface area contributed by atoms with Gasteiger partial charge in [-0.25, -0.2) is 0 Å². The van der Waals surface area contributed by atoms with Crippen molar-refractivity contribution in [3.8, 4) is 0 Å². The highest BCUT2D eigenvalue weighted by Gasteiger charge is 2.23. The highest BCUT2D eigenvalue weighted by molar-refractivity contribution is 5.94. The van der Waals surface area contributed by atoms with Crippen LogP contribution in [0.5, 0.6) is 0 Å². The molecule has 0 atom stereocenters. The second-order valence-corrected chi connectivity index (χ2v) is 7.87. The van der Waals surface area contributed by atoms with Crippen molar-refractivity contribution in [2.45, 2.75) is 34.1 Å². The summed E-state index contributed by atoms with van der Waals surface area (Å²) in [6.45, 7) is 11.2. The van der Waals surface area contributed by atoms with Crippen LogP contribution >= 0.6 is 0 Å². The van der Waals surface area contributed by atoms with Crippen molar-refractivity contribution in [1.29, 1.82) is 0 Å². The Morgan fingerprint density at radius 1 is 0.931 bits per heavy atom. The van der Waals surface area contributed by atoms with Gasteiger partial charge in [0, 0.05) is 57.4 Å². The van der Waals surface area contributed by atoms with Gasteiger partial charge in [-0.2, -0.15) is 0 Å². The summed E-state index contributed by atoms with van der Waals surface area (Å²) in [7, 11) is 0. The molecular weight excluding hydrogens is 362 g/mol. The smallest absolute Gasteiger partial charge is 0.224 e. The molecule has 0 aliphatic carbocycles. The third-order valence-electron chi connectivity index (χ3n) is 5.64. The van der Waals surface area contributed by atoms with Gasteiger partial charge in [-0.3, -0.25) is 9.59 Å². The number of carbonyl (C=O) groups is 2. The molecule has 0 radical (unpaired) electrons. The average Bonchev–Trinajstić information content (AvgIpc) is 2.69. The Hall–Kier alpha value is -2.82. The lowest BCUT2D eigenvalue weighted by Crippen LogP contribution is -2.49. The Kier molecular flexibility index (Phi) is 6.57. The molecule has 0 saturated carbocycles. The molecule has 0 bridgehead atoms. The zero-order valence-electron chi connectivity index (χ0n) is 17.9. The van der Waals surface area contributed by atoms with Crippen molar-refractivity contribution in [3.63, 3.8) is 0 Å². The van der Waals surface area contributed by atoms with Gasteiger partial charge in [-0.15, -0.1) is 0 Å². The summed E-state index contributed by atoms with van der Waals surface area (Å²) in [6, 6.07) is 14.5. The lowest BCUT2D eigenvalue weighted by molar-refractivity contribution is -0.131. The molecule has 2 amide bonds. The standard InChI is InChI=1S/C24H31N3O2/c1-18-7-5-10-22(17-18)25-13-15-26(16-14-25)23(29)11-12-27(21(4)28)24-19(2)8-6-9-20(24)3/h5-10,17H,11-16H2,1-4H3. The Balaban J connectivity index is 1.58. The monoisotopic (exact) mass is 393 g/mol. The van der Waals surface area contributed by atoms with Gasteiger partial charge in [-0.1, -0.05) is 30.3 Å². The molecule has 0 spiro atoms. The Bertz CT molecular complexity index is 865. The normalized spacial score (nSPS) is 14.1. The van der Waals surface area contributed by atoms with Gasteiger partial charge in [0.2, 0.25) is 11.8 Å². The molecule has 1 aliphatic rings. The largest absolute Gasteiger partial charge is 0.368 e. The number of hydrogen-bond acceptors (Lipinski definition) is 3. The molecule has 154 valence electrons. The minimum atomic E-state index is -0.0283. The number of benzene rings is 2. The van der Waals surface area contributed by atoms with Gasteiger partial charge < -0.3 is 14.7 Å². The van der Waals surface area contributed by atoms with E-state index in [1.807, 2.05) is 36.9 Å². The van der Waals surface area contributed by atoms with Gasteiger partial charge in [-0.05, 0) is 49.6 Å². The quantitative estimate of drug-likeness (QED) is 0.778. The van der Waals surface area contributed by atoms with Crippen molar-refractivity contribution in [2.24, 2.45) is 0 Å². The first-order valence-corrected chi connectivity index (χ1v) is 10.3. The molecule has 3 rings (SSSR count). The van der Waals surface area contributed by atoms with Crippen LogP contribution in [0.15, 0.2) is 42.5 Å². The summed E-state index contributed by atoms with van der Waals surface area (Å²) in [5.41, 5.74) is 5.50. The van der Waals surface area contributed by atoms with E-state index in [9.17, 15) is 9.59 Å². The second kappa shape index (κ2) is 9.12. The van der Waals surface area contributed by atoms with Crippen LogP contribution in [0.2, 0.25) is 0 Å². The van der Waals surface area contributed by atoms with Crippen LogP contribution in [0, 0.1) is 20.8 Å². The number of aryl methyl sites for hydroxylation is 3. The molecule has 1 saturated heterocycles. The van der Waals surface area contributed by atoms with Crippen molar-refractivity contribution in [1.82, 2.24) is 4.90 Å². The first-order chi connectivity index (χ1) is 13.9. The minimum absolute atomic E-state index is 0.0283. The fraction of sp³-hybridized carbons (Fsp3) is 0.417. The third kappa shape index (κ3) is 4.97. The zero-order valence-corrected chi connectivity index (χ0v) is 17.9. The molecule has 2 aromatic rings. The SMILES string of the molecule is CC(=O)N(CCC(=O)N1CCN(c2cccc(C)c2)CC1)c1c(C)cccc1C. The number of piperazine rings is 1. The van der Waals surface area contributed by atoms with E-state index in [0.717, 1.165) is 43.0 Å². The van der Waals surface area contributed by atoms with E-state index in [0.29, 0.717) is 13.0 Å². The van der Waals surface area contributed by atoms with E-state index >= 15 is 0 Å². The van der Waals surface area contributed by atoms with Crippen molar-refractivity contribution in [3.05, 3.63) is 59.2 Å². The summed E-state index contributed by atoms with van der Waals surface area (Å²) >= 11 is 0. The van der Waals surface area contributed by atoms with Crippen LogP contribution < -0.4 is 9.80 Å². The third-order valence-corrected chi connectivity index (χ3v) is 5.64. The Morgan fingerprint density at radius 2 is 1.55 bits per heavy atom. The summed E-state index contributed by atoms with van der Waals surface area (Å²) in [5.74, 6) is 0.0887. The van der Waals surface area contributed by atoms with Crippen LogP contribution in [0.25, 0.3) is 0 Å². The summed E-state index contributed by atoms with van der Waals surface area (Å²) in [5, 5.41) is 0. The molecule has 1 fully saturated rings. The first kappa shape index (κ1) is 20.9. The molecule has 5 heteroatoms. The highest BCUT2D eigenvalue weighted by Crippen LogP contribution is 2.25. The molecule has 0 N–H and O–H groups in total. The average molecular weight is 394 g/mol. The fourth-order valence-electron chi connectivity index (χ4n) is 4.06. The van der Waals surface area contributed by atoms with Crippen molar-refractivity contribution in [2.75, 3.05) is 42.5 Å². The number of rotatable bonds is 5. The molecule has 1 heterocycles. The van der Waals surface area contributed by atoms with Crippen LogP contribution in [-0.2, 0) is 9.59 Å². The number of nitrogens with zero attached hydrogens (tertiary/aromatic N) is 3. The zero-order chi connectivity index (χ0) is 21.0. The summed E-state index contributed by atoms with van der Waals surface area (Å²) in [6.07, 6.45) is 0.345. The van der Waals surface area contributed by atoms with E-state index in [-0.39, 0.29) is 11.8 Å². The van der Waals surface area contributed by atoms with Crippen LogP contribution in [0.4, 0.5) is 11.4 Å². The number of carbonyl (C=O) groups excluding carboxylic acids is 2. The number of amides is 2. The molecular formula is C24H31N3O2. The van der Waals surface area contributed by atoms with Gasteiger partial charge in [0.05, 0.1) is 0 Å². The van der Waals surface area contributed by atoms with Crippen molar-refractivity contribution >= 4 is 23.2 Å². The van der Waals surface area contributed by atoms with E-state index in [1.165, 1.54) is 11.3 Å². The van der Waals surface area contributed by atoms with E-state index in [1.54, 1.807) is 11.8 Å². The van der Waals surface area contributed by atoms with Gasteiger partial charge in [0.1, 0.15) is 0 Å². The van der Waals surface area contributed by atoms with Crippen molar-refractivity contribution < 1.29 is 9.59 Å². The molecule has 1 aliphatic heterocycles. The predicted octanol–water partition coefficient (Wildman–Crippen LogP) is 3.70. The minimum Gasteiger partial charge on any atom is -0.368 e. The van der Waals surface area contributed by atoms with Gasteiger partial charge in [0.25, 0.3) is 0 Å². The lowest BCUT2D eigenvalue weighted by atomic mass is 10.1. The summed E-state index contributed by atoms with van der Waals surface area (Å²) in [4.78, 5) is 31.0. The first-order valence-electron chi connectivity index (χ1n) is 10.3. The topological polar surface area (TPSA) is 43.9 Å². The van der Waals surface area contributed by atoms with E-state index < -0.39 is 0 Å². The molecule has 0 unspecified atom stereocenters. The Labute approximate surface area is 173 Å². The van der Waals surface area contributed by atoms with Crippen LogP contribution in [0.1, 0.15) is 30.0 Å².